The summed E-state index contributed by atoms with van der Waals surface area (Å²) < 4.78 is 4.71. The number of benzene rings is 2. The van der Waals surface area contributed by atoms with Crippen molar-refractivity contribution in [2.75, 3.05) is 7.11 Å². The van der Waals surface area contributed by atoms with Crippen LogP contribution in [0.5, 0.6) is 0 Å². The number of hydrogen-bond donors (Lipinski definition) is 1. The van der Waals surface area contributed by atoms with Gasteiger partial charge in [0.2, 0.25) is 0 Å². The molecular formula is C16H12ClNO2. The van der Waals surface area contributed by atoms with Crippen LogP contribution in [-0.4, -0.2) is 18.1 Å². The largest absolute Gasteiger partial charge is 0.464 e. The van der Waals surface area contributed by atoms with Crippen molar-refractivity contribution in [1.82, 2.24) is 4.98 Å². The van der Waals surface area contributed by atoms with Crippen LogP contribution in [0.4, 0.5) is 0 Å². The van der Waals surface area contributed by atoms with Crippen LogP contribution in [-0.2, 0) is 4.74 Å². The standard InChI is InChI=1S/C16H12ClNO2/c1-20-16(19)15-9-12-3-2-11(8-14(12)18-15)10-4-6-13(17)7-5-10/h2-9,18H,1H3. The molecular weight excluding hydrogens is 274 g/mol. The lowest BCUT2D eigenvalue weighted by molar-refractivity contribution is 0.0595. The summed E-state index contributed by atoms with van der Waals surface area (Å²) in [5.41, 5.74) is 3.49. The van der Waals surface area contributed by atoms with Gasteiger partial charge in [0.05, 0.1) is 7.11 Å². The number of methoxy groups -OCH3 is 1. The number of H-pyrrole nitrogens is 1. The van der Waals surface area contributed by atoms with E-state index in [1.165, 1.54) is 7.11 Å². The summed E-state index contributed by atoms with van der Waals surface area (Å²) in [6, 6.07) is 15.4. The Labute approximate surface area is 121 Å². The van der Waals surface area contributed by atoms with E-state index in [1.807, 2.05) is 42.5 Å². The molecule has 3 nitrogen and oxygen atoms in total. The lowest BCUT2D eigenvalue weighted by Crippen LogP contribution is -2.00. The van der Waals surface area contributed by atoms with Crippen molar-refractivity contribution in [3.63, 3.8) is 0 Å². The number of ether oxygens (including phenoxy) is 1. The Kier molecular flexibility index (Phi) is 3.20. The maximum Gasteiger partial charge on any atom is 0.354 e. The highest BCUT2D eigenvalue weighted by Gasteiger charge is 2.09. The van der Waals surface area contributed by atoms with Gasteiger partial charge >= 0.3 is 5.97 Å². The smallest absolute Gasteiger partial charge is 0.354 e. The molecule has 20 heavy (non-hydrogen) atoms. The molecule has 2 aromatic carbocycles. The number of carbonyl (C=O) groups excluding carboxylic acids is 1. The fraction of sp³-hybridized carbons (Fsp3) is 0.0625. The predicted molar refractivity (Wildman–Crippen MR) is 80.1 cm³/mol. The van der Waals surface area contributed by atoms with Crippen molar-refractivity contribution in [3.05, 3.63) is 59.2 Å². The Balaban J connectivity index is 2.06. The van der Waals surface area contributed by atoms with Crippen LogP contribution >= 0.6 is 11.6 Å². The molecule has 0 aliphatic heterocycles. The lowest BCUT2D eigenvalue weighted by atomic mass is 10.0. The van der Waals surface area contributed by atoms with Crippen molar-refractivity contribution in [2.24, 2.45) is 0 Å². The molecule has 0 amide bonds. The van der Waals surface area contributed by atoms with E-state index in [2.05, 4.69) is 4.98 Å². The monoisotopic (exact) mass is 285 g/mol. The number of rotatable bonds is 2. The fourth-order valence-corrected chi connectivity index (χ4v) is 2.29. The van der Waals surface area contributed by atoms with E-state index >= 15 is 0 Å². The van der Waals surface area contributed by atoms with Crippen molar-refractivity contribution >= 4 is 28.5 Å². The molecule has 1 heterocycles. The summed E-state index contributed by atoms with van der Waals surface area (Å²) in [5.74, 6) is -0.366. The van der Waals surface area contributed by atoms with Gasteiger partial charge in [-0.3, -0.25) is 0 Å². The SMILES string of the molecule is COC(=O)c1cc2ccc(-c3ccc(Cl)cc3)cc2[nH]1. The van der Waals surface area contributed by atoms with Gasteiger partial charge in [-0.15, -0.1) is 0 Å². The van der Waals surface area contributed by atoms with Gasteiger partial charge in [-0.25, -0.2) is 4.79 Å². The Bertz CT molecular complexity index is 775. The highest BCUT2D eigenvalue weighted by Crippen LogP contribution is 2.26. The summed E-state index contributed by atoms with van der Waals surface area (Å²) in [6.45, 7) is 0. The Morgan fingerprint density at radius 2 is 1.75 bits per heavy atom. The predicted octanol–water partition coefficient (Wildman–Crippen LogP) is 4.27. The third-order valence-electron chi connectivity index (χ3n) is 3.21. The van der Waals surface area contributed by atoms with Crippen molar-refractivity contribution < 1.29 is 9.53 Å². The summed E-state index contributed by atoms with van der Waals surface area (Å²) >= 11 is 5.89. The molecule has 1 N–H and O–H groups in total. The molecule has 0 saturated carbocycles. The normalized spacial score (nSPS) is 10.7. The van der Waals surface area contributed by atoms with E-state index in [9.17, 15) is 4.79 Å². The zero-order valence-electron chi connectivity index (χ0n) is 10.8. The minimum Gasteiger partial charge on any atom is -0.464 e. The van der Waals surface area contributed by atoms with Crippen LogP contribution in [0, 0.1) is 0 Å². The summed E-state index contributed by atoms with van der Waals surface area (Å²) in [7, 11) is 1.37. The number of halogens is 1. The molecule has 0 unspecified atom stereocenters. The van der Waals surface area contributed by atoms with Crippen LogP contribution in [0.1, 0.15) is 10.5 Å². The average molecular weight is 286 g/mol. The molecule has 3 aromatic rings. The molecule has 0 atom stereocenters. The molecule has 0 aliphatic rings. The minimum absolute atomic E-state index is 0.366. The van der Waals surface area contributed by atoms with Gasteiger partial charge in [0.1, 0.15) is 5.69 Å². The van der Waals surface area contributed by atoms with E-state index in [0.717, 1.165) is 22.0 Å². The second kappa shape index (κ2) is 5.02. The van der Waals surface area contributed by atoms with Crippen molar-refractivity contribution in [1.29, 1.82) is 0 Å². The second-order valence-corrected chi connectivity index (χ2v) is 4.92. The number of nitrogens with one attached hydrogen (secondary N) is 1. The molecule has 0 aliphatic carbocycles. The molecule has 4 heteroatoms. The van der Waals surface area contributed by atoms with E-state index in [4.69, 9.17) is 16.3 Å². The van der Waals surface area contributed by atoms with Crippen LogP contribution in [0.25, 0.3) is 22.0 Å². The molecule has 3 rings (SSSR count). The van der Waals surface area contributed by atoms with E-state index in [1.54, 1.807) is 6.07 Å². The molecule has 0 spiro atoms. The molecule has 0 bridgehead atoms. The van der Waals surface area contributed by atoms with Gasteiger partial charge < -0.3 is 9.72 Å². The second-order valence-electron chi connectivity index (χ2n) is 4.48. The quantitative estimate of drug-likeness (QED) is 0.714. The Morgan fingerprint density at radius 1 is 1.05 bits per heavy atom. The Hall–Kier alpha value is -2.26. The first-order valence-corrected chi connectivity index (χ1v) is 6.52. The first-order chi connectivity index (χ1) is 9.67. The van der Waals surface area contributed by atoms with Crippen molar-refractivity contribution in [2.45, 2.75) is 0 Å². The van der Waals surface area contributed by atoms with Gasteiger partial charge in [-0.2, -0.15) is 0 Å². The third kappa shape index (κ3) is 2.28. The highest BCUT2D eigenvalue weighted by atomic mass is 35.5. The number of carbonyl (C=O) groups is 1. The van der Waals surface area contributed by atoms with Gasteiger partial charge in [0, 0.05) is 15.9 Å². The van der Waals surface area contributed by atoms with E-state index in [0.29, 0.717) is 10.7 Å². The summed E-state index contributed by atoms with van der Waals surface area (Å²) in [6.07, 6.45) is 0. The van der Waals surface area contributed by atoms with Gasteiger partial charge in [0.15, 0.2) is 0 Å². The topological polar surface area (TPSA) is 42.1 Å². The van der Waals surface area contributed by atoms with Crippen LogP contribution in [0.2, 0.25) is 5.02 Å². The number of aromatic nitrogens is 1. The number of esters is 1. The van der Waals surface area contributed by atoms with Crippen molar-refractivity contribution in [3.8, 4) is 11.1 Å². The first-order valence-electron chi connectivity index (χ1n) is 6.14. The third-order valence-corrected chi connectivity index (χ3v) is 3.46. The molecule has 1 aromatic heterocycles. The van der Waals surface area contributed by atoms with Crippen LogP contribution in [0.15, 0.2) is 48.5 Å². The first kappa shape index (κ1) is 12.8. The summed E-state index contributed by atoms with van der Waals surface area (Å²) in [5, 5.41) is 1.69. The zero-order chi connectivity index (χ0) is 14.1. The van der Waals surface area contributed by atoms with Crippen LogP contribution < -0.4 is 0 Å². The fourth-order valence-electron chi connectivity index (χ4n) is 2.17. The molecule has 0 radical (unpaired) electrons. The lowest BCUT2D eigenvalue weighted by Gasteiger charge is -2.02. The van der Waals surface area contributed by atoms with Gasteiger partial charge in [-0.05, 0) is 35.4 Å². The van der Waals surface area contributed by atoms with Crippen LogP contribution in [0.3, 0.4) is 0 Å². The Morgan fingerprint density at radius 3 is 2.45 bits per heavy atom. The van der Waals surface area contributed by atoms with E-state index in [-0.39, 0.29) is 5.97 Å². The van der Waals surface area contributed by atoms with Gasteiger partial charge in [-0.1, -0.05) is 35.9 Å². The minimum atomic E-state index is -0.366. The molecule has 0 fully saturated rings. The van der Waals surface area contributed by atoms with E-state index < -0.39 is 0 Å². The number of hydrogen-bond acceptors (Lipinski definition) is 2. The summed E-state index contributed by atoms with van der Waals surface area (Å²) in [4.78, 5) is 14.6. The molecule has 100 valence electrons. The van der Waals surface area contributed by atoms with Gasteiger partial charge in [0.25, 0.3) is 0 Å². The zero-order valence-corrected chi connectivity index (χ0v) is 11.6. The average Bonchev–Trinajstić information content (AvgIpc) is 2.90. The molecule has 0 saturated heterocycles. The number of fused-ring (bicyclic) bond motifs is 1. The highest BCUT2D eigenvalue weighted by molar-refractivity contribution is 6.30. The maximum absolute atomic E-state index is 11.5. The number of aromatic amines is 1. The maximum atomic E-state index is 11.5.